The fourth-order valence-electron chi connectivity index (χ4n) is 2.68. The maximum Gasteiger partial charge on any atom is 0.328 e. The number of aliphatic hydroxyl groups is 1. The van der Waals surface area contributed by atoms with E-state index in [1.54, 1.807) is 11.8 Å². The van der Waals surface area contributed by atoms with Crippen LogP contribution in [0.4, 0.5) is 0 Å². The molecular formula is C15H24N2O6S. The van der Waals surface area contributed by atoms with Crippen LogP contribution in [-0.2, 0) is 14.4 Å². The molecule has 0 aromatic carbocycles. The molecule has 0 radical (unpaired) electrons. The quantitative estimate of drug-likeness (QED) is 0.518. The summed E-state index contributed by atoms with van der Waals surface area (Å²) in [5.41, 5.74) is 6.00. The van der Waals surface area contributed by atoms with Gasteiger partial charge in [-0.1, -0.05) is 12.8 Å². The summed E-state index contributed by atoms with van der Waals surface area (Å²) in [4.78, 5) is 33.0. The lowest BCUT2D eigenvalue weighted by molar-refractivity contribution is -0.134. The van der Waals surface area contributed by atoms with Gasteiger partial charge in [-0.3, -0.25) is 4.79 Å². The highest BCUT2D eigenvalue weighted by Gasteiger charge is 2.35. The van der Waals surface area contributed by atoms with Crippen molar-refractivity contribution < 1.29 is 29.7 Å². The number of carbonyl (C=O) groups excluding carboxylic acids is 1. The fourth-order valence-corrected chi connectivity index (χ4v) is 3.64. The first-order chi connectivity index (χ1) is 11.3. The molecule has 8 nitrogen and oxygen atoms in total. The number of carboxylic acid groups (broad SMARTS) is 2. The van der Waals surface area contributed by atoms with Gasteiger partial charge < -0.3 is 26.0 Å². The molecule has 3 atom stereocenters. The van der Waals surface area contributed by atoms with Gasteiger partial charge in [0.2, 0.25) is 5.91 Å². The monoisotopic (exact) mass is 360 g/mol. The Balaban J connectivity index is 0.000000307. The Kier molecular flexibility index (Phi) is 8.80. The van der Waals surface area contributed by atoms with Crippen LogP contribution < -0.4 is 5.73 Å². The molecule has 5 N–H and O–H groups in total. The number of carboxylic acids is 2. The summed E-state index contributed by atoms with van der Waals surface area (Å²) < 4.78 is 0. The van der Waals surface area contributed by atoms with Gasteiger partial charge in [-0.2, -0.15) is 0 Å². The number of thioether (sulfide) groups is 1. The van der Waals surface area contributed by atoms with Crippen molar-refractivity contribution in [2.45, 2.75) is 37.8 Å². The van der Waals surface area contributed by atoms with Gasteiger partial charge in [-0.15, -0.1) is 11.8 Å². The van der Waals surface area contributed by atoms with Gasteiger partial charge in [0.15, 0.2) is 0 Å². The second-order valence-electron chi connectivity index (χ2n) is 5.69. The largest absolute Gasteiger partial charge is 0.478 e. The summed E-state index contributed by atoms with van der Waals surface area (Å²) in [6.45, 7) is 0.806. The van der Waals surface area contributed by atoms with Crippen LogP contribution >= 0.6 is 11.8 Å². The second-order valence-corrected chi connectivity index (χ2v) is 6.76. The first-order valence-electron chi connectivity index (χ1n) is 7.77. The molecule has 1 heterocycles. The van der Waals surface area contributed by atoms with Crippen LogP contribution in [0.25, 0.3) is 0 Å². The summed E-state index contributed by atoms with van der Waals surface area (Å²) in [6.07, 6.45) is 4.54. The number of nitrogens with two attached hydrogens (primary N) is 1. The van der Waals surface area contributed by atoms with Gasteiger partial charge >= 0.3 is 11.9 Å². The van der Waals surface area contributed by atoms with E-state index in [4.69, 9.17) is 15.9 Å². The van der Waals surface area contributed by atoms with Gasteiger partial charge in [-0.05, 0) is 12.8 Å². The van der Waals surface area contributed by atoms with E-state index < -0.39 is 18.0 Å². The van der Waals surface area contributed by atoms with Crippen LogP contribution in [-0.4, -0.2) is 68.4 Å². The highest BCUT2D eigenvalue weighted by atomic mass is 32.2. The highest BCUT2D eigenvalue weighted by molar-refractivity contribution is 7.99. The molecule has 2 aliphatic rings. The van der Waals surface area contributed by atoms with Crippen LogP contribution in [0, 0.1) is 5.92 Å². The molecule has 1 saturated carbocycles. The van der Waals surface area contributed by atoms with E-state index in [0.717, 1.165) is 43.9 Å². The smallest absolute Gasteiger partial charge is 0.328 e. The van der Waals surface area contributed by atoms with Crippen molar-refractivity contribution in [1.29, 1.82) is 0 Å². The van der Waals surface area contributed by atoms with E-state index in [2.05, 4.69) is 0 Å². The minimum absolute atomic E-state index is 0.0240. The normalized spacial score (nSPS) is 25.0. The van der Waals surface area contributed by atoms with Crippen molar-refractivity contribution in [2.75, 3.05) is 18.2 Å². The first kappa shape index (κ1) is 20.5. The van der Waals surface area contributed by atoms with Gasteiger partial charge in [0.25, 0.3) is 0 Å². The fraction of sp³-hybridized carbons (Fsp3) is 0.667. The Hall–Kier alpha value is -1.58. The minimum atomic E-state index is -1.26. The summed E-state index contributed by atoms with van der Waals surface area (Å²) in [5, 5.41) is 25.5. The van der Waals surface area contributed by atoms with Gasteiger partial charge in [0, 0.05) is 30.4 Å². The number of nitrogens with zero attached hydrogens (tertiary/aromatic N) is 1. The van der Waals surface area contributed by atoms with E-state index in [0.29, 0.717) is 12.2 Å². The van der Waals surface area contributed by atoms with Gasteiger partial charge in [-0.25, -0.2) is 9.59 Å². The average molecular weight is 360 g/mol. The van der Waals surface area contributed by atoms with Crippen molar-refractivity contribution in [1.82, 2.24) is 4.90 Å². The number of carbonyl (C=O) groups is 3. The van der Waals surface area contributed by atoms with E-state index in [1.807, 2.05) is 4.90 Å². The van der Waals surface area contributed by atoms with Crippen molar-refractivity contribution in [3.63, 3.8) is 0 Å². The summed E-state index contributed by atoms with van der Waals surface area (Å²) in [6, 6.07) is -0.506. The number of aliphatic carboxylic acids is 2. The van der Waals surface area contributed by atoms with Crippen molar-refractivity contribution in [3.05, 3.63) is 12.2 Å². The zero-order valence-corrected chi connectivity index (χ0v) is 14.2. The Morgan fingerprint density at radius 1 is 1.12 bits per heavy atom. The number of hydrogen-bond acceptors (Lipinski definition) is 6. The Morgan fingerprint density at radius 2 is 1.71 bits per heavy atom. The van der Waals surface area contributed by atoms with Crippen LogP contribution in [0.1, 0.15) is 25.7 Å². The second kappa shape index (κ2) is 10.3. The molecule has 9 heteroatoms. The molecule has 2 rings (SSSR count). The summed E-state index contributed by atoms with van der Waals surface area (Å²) in [5.74, 6) is -0.760. The van der Waals surface area contributed by atoms with E-state index in [-0.39, 0.29) is 17.9 Å². The number of rotatable bonds is 4. The lowest BCUT2D eigenvalue weighted by Crippen LogP contribution is -2.50. The molecule has 1 saturated heterocycles. The first-order valence-corrected chi connectivity index (χ1v) is 8.92. The molecule has 0 bridgehead atoms. The van der Waals surface area contributed by atoms with Crippen LogP contribution in [0.5, 0.6) is 0 Å². The third-order valence-electron chi connectivity index (χ3n) is 3.96. The van der Waals surface area contributed by atoms with Crippen LogP contribution in [0.15, 0.2) is 12.2 Å². The maximum absolute atomic E-state index is 12.1. The van der Waals surface area contributed by atoms with Crippen LogP contribution in [0.2, 0.25) is 0 Å². The average Bonchev–Trinajstić information content (AvgIpc) is 3.07. The third-order valence-corrected chi connectivity index (χ3v) is 4.93. The van der Waals surface area contributed by atoms with E-state index in [1.165, 1.54) is 0 Å². The minimum Gasteiger partial charge on any atom is -0.478 e. The van der Waals surface area contributed by atoms with Crippen molar-refractivity contribution in [3.8, 4) is 0 Å². The highest BCUT2D eigenvalue weighted by Crippen LogP contribution is 2.27. The molecular weight excluding hydrogens is 336 g/mol. The third kappa shape index (κ3) is 6.90. The topological polar surface area (TPSA) is 141 Å². The number of aliphatic hydroxyl groups excluding tert-OH is 1. The number of hydrogen-bond donors (Lipinski definition) is 4. The zero-order valence-electron chi connectivity index (χ0n) is 13.3. The predicted octanol–water partition coefficient (Wildman–Crippen LogP) is 0.110. The van der Waals surface area contributed by atoms with E-state index >= 15 is 0 Å². The molecule has 0 spiro atoms. The molecule has 2 fully saturated rings. The Labute approximate surface area is 144 Å². The standard InChI is InChI=1S/C11H20N2O2S.C4H4O4/c12-10(8-3-1-2-4-9(8)14)11(15)13-5-6-16-7-13;5-3(6)1-2-4(7)8/h8-10,14H,1-7,12H2;1-2H,(H,5,6)(H,7,8)/b;2-1+/t8-,9-,10+;/m1./s1. The molecule has 24 heavy (non-hydrogen) atoms. The van der Waals surface area contributed by atoms with Crippen LogP contribution in [0.3, 0.4) is 0 Å². The molecule has 0 aromatic rings. The lowest BCUT2D eigenvalue weighted by Gasteiger charge is -2.33. The number of amides is 1. The SMILES string of the molecule is N[C@H](C(=O)N1CCSC1)[C@@H]1CCCC[C@H]1O.O=C(O)/C=C/C(=O)O. The Morgan fingerprint density at radius 3 is 2.17 bits per heavy atom. The summed E-state index contributed by atoms with van der Waals surface area (Å²) >= 11 is 1.76. The maximum atomic E-state index is 12.1. The van der Waals surface area contributed by atoms with Crippen molar-refractivity contribution in [2.24, 2.45) is 11.7 Å². The molecule has 0 unspecified atom stereocenters. The Bertz CT molecular complexity index is 463. The van der Waals surface area contributed by atoms with Crippen molar-refractivity contribution >= 4 is 29.6 Å². The molecule has 0 aromatic heterocycles. The molecule has 136 valence electrons. The lowest BCUT2D eigenvalue weighted by atomic mass is 9.81. The zero-order chi connectivity index (χ0) is 18.1. The molecule has 1 aliphatic carbocycles. The van der Waals surface area contributed by atoms with Gasteiger partial charge in [0.1, 0.15) is 0 Å². The molecule has 1 amide bonds. The predicted molar refractivity (Wildman–Crippen MR) is 89.4 cm³/mol. The van der Waals surface area contributed by atoms with E-state index in [9.17, 15) is 19.5 Å². The summed E-state index contributed by atoms with van der Waals surface area (Å²) in [7, 11) is 0. The molecule has 1 aliphatic heterocycles. The van der Waals surface area contributed by atoms with Gasteiger partial charge in [0.05, 0.1) is 18.0 Å².